The molecule has 1 aliphatic rings. The second kappa shape index (κ2) is 7.05. The number of nitrogens with one attached hydrogen (secondary N) is 2. The quantitative estimate of drug-likeness (QED) is 0.748. The normalized spacial score (nSPS) is 20.6. The van der Waals surface area contributed by atoms with Crippen molar-refractivity contribution in [2.24, 2.45) is 5.73 Å². The van der Waals surface area contributed by atoms with Crippen molar-refractivity contribution in [1.29, 1.82) is 0 Å². The molecule has 0 aliphatic carbocycles. The van der Waals surface area contributed by atoms with Crippen molar-refractivity contribution < 1.29 is 9.59 Å². The van der Waals surface area contributed by atoms with E-state index in [1.165, 1.54) is 0 Å². The van der Waals surface area contributed by atoms with Gasteiger partial charge in [0.1, 0.15) is 6.04 Å². The van der Waals surface area contributed by atoms with Gasteiger partial charge in [-0.3, -0.25) is 9.59 Å². The Balaban J connectivity index is 2.04. The highest BCUT2D eigenvalue weighted by atomic mass is 16.2. The Morgan fingerprint density at radius 1 is 1.35 bits per heavy atom. The van der Waals surface area contributed by atoms with Crippen molar-refractivity contribution in [1.82, 2.24) is 10.6 Å². The van der Waals surface area contributed by atoms with E-state index in [4.69, 9.17) is 5.73 Å². The maximum atomic E-state index is 12.3. The SMILES string of the molecule is NCC(C(=O)NC1CCCCNC1=O)c1ccccc1. The molecule has 2 atom stereocenters. The predicted molar refractivity (Wildman–Crippen MR) is 77.0 cm³/mol. The van der Waals surface area contributed by atoms with Crippen LogP contribution in [-0.4, -0.2) is 30.9 Å². The summed E-state index contributed by atoms with van der Waals surface area (Å²) in [5.41, 5.74) is 6.59. The van der Waals surface area contributed by atoms with Gasteiger partial charge in [-0.05, 0) is 24.8 Å². The van der Waals surface area contributed by atoms with Crippen LogP contribution in [0.1, 0.15) is 30.7 Å². The molecule has 1 fully saturated rings. The first-order valence-electron chi connectivity index (χ1n) is 7.05. The summed E-state index contributed by atoms with van der Waals surface area (Å²) in [7, 11) is 0. The van der Waals surface area contributed by atoms with Crippen LogP contribution in [-0.2, 0) is 9.59 Å². The summed E-state index contributed by atoms with van der Waals surface area (Å²) in [5.74, 6) is -0.687. The van der Waals surface area contributed by atoms with Crippen LogP contribution < -0.4 is 16.4 Å². The summed E-state index contributed by atoms with van der Waals surface area (Å²) in [4.78, 5) is 24.2. The maximum absolute atomic E-state index is 12.3. The predicted octanol–water partition coefficient (Wildman–Crippen LogP) is 0.514. The van der Waals surface area contributed by atoms with Crippen LogP contribution in [0.4, 0.5) is 0 Å². The number of nitrogens with two attached hydrogens (primary N) is 1. The fourth-order valence-electron chi connectivity index (χ4n) is 2.43. The first-order valence-corrected chi connectivity index (χ1v) is 7.05. The molecule has 0 saturated carbocycles. The standard InChI is InChI=1S/C15H21N3O2/c16-10-12(11-6-2-1-3-7-11)14(19)18-13-8-4-5-9-17-15(13)20/h1-3,6-7,12-13H,4-5,8-10,16H2,(H,17,20)(H,18,19). The molecular formula is C15H21N3O2. The van der Waals surface area contributed by atoms with Gasteiger partial charge in [0.05, 0.1) is 5.92 Å². The summed E-state index contributed by atoms with van der Waals surface area (Å²) in [6, 6.07) is 8.97. The van der Waals surface area contributed by atoms with Crippen LogP contribution >= 0.6 is 0 Å². The van der Waals surface area contributed by atoms with Crippen LogP contribution in [0.25, 0.3) is 0 Å². The van der Waals surface area contributed by atoms with Gasteiger partial charge in [-0.1, -0.05) is 30.3 Å². The lowest BCUT2D eigenvalue weighted by molar-refractivity contribution is -0.129. The van der Waals surface area contributed by atoms with Crippen LogP contribution in [0, 0.1) is 0 Å². The second-order valence-corrected chi connectivity index (χ2v) is 5.05. The number of carbonyl (C=O) groups is 2. The lowest BCUT2D eigenvalue weighted by Crippen LogP contribution is -2.47. The smallest absolute Gasteiger partial charge is 0.242 e. The fourth-order valence-corrected chi connectivity index (χ4v) is 2.43. The summed E-state index contributed by atoms with van der Waals surface area (Å²) in [5, 5.41) is 5.64. The van der Waals surface area contributed by atoms with Crippen molar-refractivity contribution in [3.63, 3.8) is 0 Å². The van der Waals surface area contributed by atoms with E-state index in [1.807, 2.05) is 30.3 Å². The number of carbonyl (C=O) groups excluding carboxylic acids is 2. The molecule has 1 saturated heterocycles. The lowest BCUT2D eigenvalue weighted by atomic mass is 9.97. The molecule has 5 heteroatoms. The van der Waals surface area contributed by atoms with Crippen molar-refractivity contribution >= 4 is 11.8 Å². The molecule has 1 aromatic rings. The van der Waals surface area contributed by atoms with Crippen molar-refractivity contribution in [3.8, 4) is 0 Å². The molecule has 1 heterocycles. The highest BCUT2D eigenvalue weighted by Crippen LogP contribution is 2.15. The van der Waals surface area contributed by atoms with Gasteiger partial charge in [0.15, 0.2) is 0 Å². The van der Waals surface area contributed by atoms with E-state index in [1.54, 1.807) is 0 Å². The molecule has 0 radical (unpaired) electrons. The lowest BCUT2D eigenvalue weighted by Gasteiger charge is -2.20. The number of hydrogen-bond acceptors (Lipinski definition) is 3. The molecule has 0 spiro atoms. The molecule has 0 bridgehead atoms. The molecule has 108 valence electrons. The van der Waals surface area contributed by atoms with Gasteiger partial charge in [-0.15, -0.1) is 0 Å². The third-order valence-electron chi connectivity index (χ3n) is 3.61. The monoisotopic (exact) mass is 275 g/mol. The van der Waals surface area contributed by atoms with Gasteiger partial charge in [-0.2, -0.15) is 0 Å². The zero-order chi connectivity index (χ0) is 14.4. The number of hydrogen-bond donors (Lipinski definition) is 3. The van der Waals surface area contributed by atoms with E-state index in [0.717, 1.165) is 18.4 Å². The van der Waals surface area contributed by atoms with Gasteiger partial charge in [0, 0.05) is 13.1 Å². The van der Waals surface area contributed by atoms with E-state index in [-0.39, 0.29) is 18.4 Å². The zero-order valence-corrected chi connectivity index (χ0v) is 11.5. The van der Waals surface area contributed by atoms with Crippen LogP contribution in [0.3, 0.4) is 0 Å². The highest BCUT2D eigenvalue weighted by Gasteiger charge is 2.26. The Hall–Kier alpha value is -1.88. The molecule has 2 rings (SSSR count). The molecule has 0 aromatic heterocycles. The fraction of sp³-hybridized carbons (Fsp3) is 0.467. The van der Waals surface area contributed by atoms with E-state index in [9.17, 15) is 9.59 Å². The topological polar surface area (TPSA) is 84.2 Å². The van der Waals surface area contributed by atoms with E-state index < -0.39 is 12.0 Å². The molecule has 5 nitrogen and oxygen atoms in total. The zero-order valence-electron chi connectivity index (χ0n) is 11.5. The van der Waals surface area contributed by atoms with E-state index >= 15 is 0 Å². The summed E-state index contributed by atoms with van der Waals surface area (Å²) < 4.78 is 0. The first-order chi connectivity index (χ1) is 9.72. The number of amides is 2. The molecule has 4 N–H and O–H groups in total. The summed E-state index contributed by atoms with van der Waals surface area (Å²) in [6.07, 6.45) is 2.57. The van der Waals surface area contributed by atoms with Gasteiger partial charge >= 0.3 is 0 Å². The Labute approximate surface area is 118 Å². The average molecular weight is 275 g/mol. The molecule has 1 aromatic carbocycles. The van der Waals surface area contributed by atoms with Gasteiger partial charge < -0.3 is 16.4 Å². The minimum atomic E-state index is -0.442. The van der Waals surface area contributed by atoms with Crippen molar-refractivity contribution in [3.05, 3.63) is 35.9 Å². The molecule has 20 heavy (non-hydrogen) atoms. The van der Waals surface area contributed by atoms with Crippen LogP contribution in [0.5, 0.6) is 0 Å². The maximum Gasteiger partial charge on any atom is 0.242 e. The Morgan fingerprint density at radius 2 is 2.10 bits per heavy atom. The number of benzene rings is 1. The summed E-state index contributed by atoms with van der Waals surface area (Å²) >= 11 is 0. The minimum absolute atomic E-state index is 0.0975. The van der Waals surface area contributed by atoms with E-state index in [0.29, 0.717) is 13.0 Å². The molecule has 2 amide bonds. The largest absolute Gasteiger partial charge is 0.354 e. The van der Waals surface area contributed by atoms with Crippen LogP contribution in [0.15, 0.2) is 30.3 Å². The minimum Gasteiger partial charge on any atom is -0.354 e. The Morgan fingerprint density at radius 3 is 2.80 bits per heavy atom. The number of rotatable bonds is 4. The molecule has 1 aliphatic heterocycles. The Kier molecular flexibility index (Phi) is 5.12. The molecular weight excluding hydrogens is 254 g/mol. The van der Waals surface area contributed by atoms with Crippen molar-refractivity contribution in [2.45, 2.75) is 31.2 Å². The summed E-state index contributed by atoms with van der Waals surface area (Å²) in [6.45, 7) is 0.911. The molecule has 2 unspecified atom stereocenters. The second-order valence-electron chi connectivity index (χ2n) is 5.05. The van der Waals surface area contributed by atoms with E-state index in [2.05, 4.69) is 10.6 Å². The first kappa shape index (κ1) is 14.5. The average Bonchev–Trinajstić information content (AvgIpc) is 2.66. The van der Waals surface area contributed by atoms with Gasteiger partial charge in [-0.25, -0.2) is 0 Å². The highest BCUT2D eigenvalue weighted by molar-refractivity contribution is 5.90. The van der Waals surface area contributed by atoms with Crippen molar-refractivity contribution in [2.75, 3.05) is 13.1 Å². The Bertz CT molecular complexity index is 461. The van der Waals surface area contributed by atoms with Crippen LogP contribution in [0.2, 0.25) is 0 Å². The van der Waals surface area contributed by atoms with Gasteiger partial charge in [0.25, 0.3) is 0 Å². The van der Waals surface area contributed by atoms with Gasteiger partial charge in [0.2, 0.25) is 11.8 Å². The third-order valence-corrected chi connectivity index (χ3v) is 3.61. The third kappa shape index (κ3) is 3.57.